The second-order valence-corrected chi connectivity index (χ2v) is 3.38. The highest BCUT2D eigenvalue weighted by molar-refractivity contribution is 5.73. The Morgan fingerprint density at radius 3 is 1.94 bits per heavy atom. The van der Waals surface area contributed by atoms with Crippen LogP contribution in [0.15, 0.2) is 30.3 Å². The van der Waals surface area contributed by atoms with Crippen LogP contribution in [0.5, 0.6) is 0 Å². The summed E-state index contributed by atoms with van der Waals surface area (Å²) in [6.45, 7) is 1.08. The maximum Gasteiger partial charge on any atom is 0.326 e. The third-order valence-electron chi connectivity index (χ3n) is 1.84. The number of carboxylic acids is 2. The molecule has 1 aromatic rings. The lowest BCUT2D eigenvalue weighted by atomic mass is 10.1. The summed E-state index contributed by atoms with van der Waals surface area (Å²) in [6.07, 6.45) is 0.0448. The van der Waals surface area contributed by atoms with Crippen molar-refractivity contribution in [2.45, 2.75) is 19.4 Å². The third-order valence-corrected chi connectivity index (χ3v) is 1.84. The maximum absolute atomic E-state index is 10.6. The van der Waals surface area contributed by atoms with Crippen molar-refractivity contribution in [3.63, 3.8) is 0 Å². The summed E-state index contributed by atoms with van der Waals surface area (Å²) in [7, 11) is 0. The molecule has 7 heteroatoms. The second kappa shape index (κ2) is 8.18. The van der Waals surface area contributed by atoms with Crippen LogP contribution in [-0.4, -0.2) is 43.8 Å². The van der Waals surface area contributed by atoms with E-state index in [2.05, 4.69) is 0 Å². The first-order valence-electron chi connectivity index (χ1n) is 4.97. The lowest BCUT2D eigenvalue weighted by Gasteiger charge is -2.15. The number of hydroxylamine groups is 2. The van der Waals surface area contributed by atoms with Crippen molar-refractivity contribution in [1.29, 1.82) is 0 Å². The van der Waals surface area contributed by atoms with Crippen molar-refractivity contribution in [1.82, 2.24) is 5.23 Å². The highest BCUT2D eigenvalue weighted by Crippen LogP contribution is 2.06. The van der Waals surface area contributed by atoms with Gasteiger partial charge < -0.3 is 10.2 Å². The summed E-state index contributed by atoms with van der Waals surface area (Å²) in [6, 6.07) is 7.42. The Kier molecular flexibility index (Phi) is 7.29. The zero-order valence-corrected chi connectivity index (χ0v) is 9.72. The fraction of sp³-hybridized carbons (Fsp3) is 0.273. The molecule has 18 heavy (non-hydrogen) atoms. The van der Waals surface area contributed by atoms with Gasteiger partial charge in [0.2, 0.25) is 0 Å². The van der Waals surface area contributed by atoms with Gasteiger partial charge in [0.05, 0.1) is 0 Å². The van der Waals surface area contributed by atoms with Crippen LogP contribution in [0.25, 0.3) is 0 Å². The molecule has 0 spiro atoms. The van der Waals surface area contributed by atoms with Gasteiger partial charge in [-0.1, -0.05) is 35.6 Å². The van der Waals surface area contributed by atoms with E-state index in [-0.39, 0.29) is 11.6 Å². The number of nitrogens with zero attached hydrogens (tertiary/aromatic N) is 1. The number of carbonyl (C=O) groups is 2. The number of rotatable bonds is 4. The fourth-order valence-corrected chi connectivity index (χ4v) is 1.11. The van der Waals surface area contributed by atoms with Crippen molar-refractivity contribution in [3.05, 3.63) is 35.9 Å². The van der Waals surface area contributed by atoms with Crippen LogP contribution >= 0.6 is 0 Å². The topological polar surface area (TPSA) is 118 Å². The summed E-state index contributed by atoms with van der Waals surface area (Å²) < 4.78 is 0. The average Bonchev–Trinajstić information content (AvgIpc) is 2.25. The van der Waals surface area contributed by atoms with E-state index < -0.39 is 18.0 Å². The molecular formula is C11H15NO6. The van der Waals surface area contributed by atoms with Gasteiger partial charge in [-0.05, 0) is 5.56 Å². The molecule has 0 unspecified atom stereocenters. The van der Waals surface area contributed by atoms with E-state index in [1.807, 2.05) is 0 Å². The molecule has 0 aliphatic carbocycles. The van der Waals surface area contributed by atoms with Gasteiger partial charge in [0.25, 0.3) is 5.97 Å². The number of benzene rings is 1. The molecule has 1 rings (SSSR count). The first kappa shape index (κ1) is 16.0. The van der Waals surface area contributed by atoms with Crippen molar-refractivity contribution in [2.75, 3.05) is 0 Å². The van der Waals surface area contributed by atoms with E-state index in [1.165, 1.54) is 0 Å². The lowest BCUT2D eigenvalue weighted by molar-refractivity contribution is -0.327. The van der Waals surface area contributed by atoms with E-state index in [0.717, 1.165) is 12.5 Å². The number of hydrogen-bond donors (Lipinski definition) is 4. The van der Waals surface area contributed by atoms with Crippen LogP contribution in [0.1, 0.15) is 12.5 Å². The van der Waals surface area contributed by atoms with Crippen LogP contribution in [0.4, 0.5) is 0 Å². The quantitative estimate of drug-likeness (QED) is 0.590. The minimum atomic E-state index is -1.34. The number of aliphatic carboxylic acids is 2. The zero-order valence-electron chi connectivity index (χ0n) is 9.72. The Balaban J connectivity index is 0.000000631. The van der Waals surface area contributed by atoms with E-state index in [4.69, 9.17) is 25.4 Å². The summed E-state index contributed by atoms with van der Waals surface area (Å²) in [4.78, 5) is 19.6. The number of hydrogen-bond acceptors (Lipinski definition) is 5. The predicted molar refractivity (Wildman–Crippen MR) is 60.3 cm³/mol. The molecule has 4 N–H and O–H groups in total. The molecule has 0 aromatic heterocycles. The van der Waals surface area contributed by atoms with Gasteiger partial charge in [0.15, 0.2) is 6.04 Å². The van der Waals surface area contributed by atoms with Gasteiger partial charge in [-0.15, -0.1) is 0 Å². The van der Waals surface area contributed by atoms with E-state index in [9.17, 15) is 4.79 Å². The van der Waals surface area contributed by atoms with Gasteiger partial charge in [-0.3, -0.25) is 20.0 Å². The van der Waals surface area contributed by atoms with E-state index >= 15 is 0 Å². The molecule has 0 saturated carbocycles. The highest BCUT2D eigenvalue weighted by atomic mass is 16.8. The van der Waals surface area contributed by atoms with Crippen LogP contribution in [0, 0.1) is 0 Å². The Hall–Kier alpha value is -1.96. The molecule has 0 amide bonds. The van der Waals surface area contributed by atoms with Crippen LogP contribution in [0.2, 0.25) is 0 Å². The average molecular weight is 257 g/mol. The van der Waals surface area contributed by atoms with Gasteiger partial charge in [-0.2, -0.15) is 0 Å². The molecule has 0 aliphatic rings. The summed E-state index contributed by atoms with van der Waals surface area (Å²) in [5, 5.41) is 33.1. The molecule has 1 atom stereocenters. The zero-order chi connectivity index (χ0) is 14.1. The minimum absolute atomic E-state index is 0.0448. The van der Waals surface area contributed by atoms with Gasteiger partial charge >= 0.3 is 5.97 Å². The number of carboxylic acid groups (broad SMARTS) is 2. The first-order valence-corrected chi connectivity index (χ1v) is 4.97. The molecule has 0 heterocycles. The molecule has 7 nitrogen and oxygen atoms in total. The van der Waals surface area contributed by atoms with Crippen molar-refractivity contribution >= 4 is 11.9 Å². The molecule has 0 aliphatic heterocycles. The Morgan fingerprint density at radius 2 is 1.61 bits per heavy atom. The van der Waals surface area contributed by atoms with Crippen molar-refractivity contribution in [2.24, 2.45) is 0 Å². The van der Waals surface area contributed by atoms with E-state index in [1.54, 1.807) is 30.3 Å². The maximum atomic E-state index is 10.6. The normalized spacial score (nSPS) is 11.3. The molecule has 0 fully saturated rings. The Morgan fingerprint density at radius 1 is 1.17 bits per heavy atom. The van der Waals surface area contributed by atoms with Gasteiger partial charge in [-0.25, -0.2) is 0 Å². The highest BCUT2D eigenvalue weighted by Gasteiger charge is 2.23. The molecular weight excluding hydrogens is 242 g/mol. The van der Waals surface area contributed by atoms with Crippen LogP contribution < -0.4 is 0 Å². The second-order valence-electron chi connectivity index (χ2n) is 3.38. The van der Waals surface area contributed by atoms with Crippen molar-refractivity contribution < 1.29 is 30.2 Å². The van der Waals surface area contributed by atoms with Gasteiger partial charge in [0, 0.05) is 13.3 Å². The Labute approximate surface area is 103 Å². The smallest absolute Gasteiger partial charge is 0.326 e. The monoisotopic (exact) mass is 257 g/mol. The van der Waals surface area contributed by atoms with Crippen molar-refractivity contribution in [3.8, 4) is 0 Å². The molecule has 1 aromatic carbocycles. The summed E-state index contributed by atoms with van der Waals surface area (Å²) in [5.41, 5.74) is 0.730. The van der Waals surface area contributed by atoms with E-state index in [0.29, 0.717) is 0 Å². The van der Waals surface area contributed by atoms with Gasteiger partial charge in [0.1, 0.15) is 0 Å². The Bertz CT molecular complexity index is 374. The predicted octanol–water partition coefficient (Wildman–Crippen LogP) is 0.854. The minimum Gasteiger partial charge on any atom is -0.481 e. The largest absolute Gasteiger partial charge is 0.481 e. The fourth-order valence-electron chi connectivity index (χ4n) is 1.11. The molecule has 100 valence electrons. The third kappa shape index (κ3) is 7.34. The van der Waals surface area contributed by atoms with Crippen LogP contribution in [-0.2, 0) is 16.0 Å². The summed E-state index contributed by atoms with van der Waals surface area (Å²) >= 11 is 0. The summed E-state index contributed by atoms with van der Waals surface area (Å²) in [5.74, 6) is -2.11. The van der Waals surface area contributed by atoms with Crippen LogP contribution in [0.3, 0.4) is 0 Å². The first-order chi connectivity index (χ1) is 8.34. The SMILES string of the molecule is CC(=O)O.O=C(O)[C@H](Cc1ccccc1)N(O)O. The lowest BCUT2D eigenvalue weighted by Crippen LogP contribution is -2.38. The standard InChI is InChI=1S/C9H11NO4.C2H4O2/c11-9(12)8(10(13)14)6-7-4-2-1-3-5-7;1-2(3)4/h1-5,8,13-14H,6H2,(H,11,12);1H3,(H,3,4)/t8-;/m0./s1. The molecule has 0 saturated heterocycles. The molecule has 0 radical (unpaired) electrons. The molecule has 0 bridgehead atoms.